The molecule has 4 aliphatic rings. The summed E-state index contributed by atoms with van der Waals surface area (Å²) in [5.74, 6) is -2.94. The molecular weight excluding hydrogens is 496 g/mol. The molecule has 0 aromatic heterocycles. The first-order chi connectivity index (χ1) is 18.8. The third-order valence-corrected chi connectivity index (χ3v) is 9.22. The van der Waals surface area contributed by atoms with E-state index >= 15 is 0 Å². The van der Waals surface area contributed by atoms with Crippen molar-refractivity contribution in [3.05, 3.63) is 60.2 Å². The lowest BCUT2D eigenvalue weighted by atomic mass is 9.73. The topological polar surface area (TPSA) is 96.4 Å². The number of benzene rings is 1. The number of hydrogen-bond donors (Lipinski definition) is 1. The molecule has 4 aliphatic heterocycles. The number of hydrogen-bond acceptors (Lipinski definition) is 6. The van der Waals surface area contributed by atoms with E-state index in [1.165, 1.54) is 0 Å². The normalized spacial score (nSPS) is 34.7. The molecule has 7 atom stereocenters. The molecule has 1 aromatic carbocycles. The first kappa shape index (κ1) is 27.6. The number of esters is 1. The van der Waals surface area contributed by atoms with Gasteiger partial charge in [0.05, 0.1) is 25.2 Å². The lowest BCUT2D eigenvalue weighted by Gasteiger charge is -2.42. The number of allylic oxidation sites excluding steroid dienone is 1. The third kappa shape index (κ3) is 4.42. The highest BCUT2D eigenvalue weighted by Gasteiger charge is 2.76. The van der Waals surface area contributed by atoms with Crippen molar-refractivity contribution in [3.63, 3.8) is 0 Å². The Morgan fingerprint density at radius 1 is 1.05 bits per heavy atom. The number of carbonyl (C=O) groups excluding carboxylic acids is 3. The minimum Gasteiger partial charge on any atom is -0.465 e. The molecule has 2 amide bonds. The van der Waals surface area contributed by atoms with Gasteiger partial charge in [-0.2, -0.15) is 0 Å². The maximum atomic E-state index is 14.5. The summed E-state index contributed by atoms with van der Waals surface area (Å²) in [7, 11) is 0. The predicted octanol–water partition coefficient (Wildman–Crippen LogP) is 3.25. The highest BCUT2D eigenvalue weighted by molar-refractivity contribution is 5.99. The Morgan fingerprint density at radius 3 is 2.51 bits per heavy atom. The summed E-state index contributed by atoms with van der Waals surface area (Å²) >= 11 is 0. The second-order valence-corrected chi connectivity index (χ2v) is 11.3. The SMILES string of the molecule is CC[C@H](C)[C@H](CO)N1C(=O)[C@@H]2[C@@H]3C(=O)OCCC/C=C\[C@]3(CC)O[C@@]23C=CCN(Cc2ccccc2)C(=O)C13. The fourth-order valence-corrected chi connectivity index (χ4v) is 6.98. The van der Waals surface area contributed by atoms with Gasteiger partial charge < -0.3 is 24.4 Å². The van der Waals surface area contributed by atoms with Crippen LogP contribution in [0.2, 0.25) is 0 Å². The van der Waals surface area contributed by atoms with Gasteiger partial charge in [0.25, 0.3) is 0 Å². The molecule has 1 N–H and O–H groups in total. The minimum atomic E-state index is -1.36. The molecule has 39 heavy (non-hydrogen) atoms. The summed E-state index contributed by atoms with van der Waals surface area (Å²) in [6.07, 6.45) is 10.3. The monoisotopic (exact) mass is 536 g/mol. The number of ether oxygens (including phenoxy) is 2. The average molecular weight is 537 g/mol. The van der Waals surface area contributed by atoms with E-state index < -0.39 is 41.1 Å². The maximum absolute atomic E-state index is 14.5. The second kappa shape index (κ2) is 10.9. The molecule has 0 radical (unpaired) electrons. The minimum absolute atomic E-state index is 0.0688. The van der Waals surface area contributed by atoms with E-state index in [0.717, 1.165) is 12.0 Å². The van der Waals surface area contributed by atoms with Gasteiger partial charge in [-0.25, -0.2) is 0 Å². The Bertz CT molecular complexity index is 1150. The molecule has 1 unspecified atom stereocenters. The average Bonchev–Trinajstić information content (AvgIpc) is 3.33. The number of amides is 2. The van der Waals surface area contributed by atoms with Crippen LogP contribution in [0.25, 0.3) is 0 Å². The fraction of sp³-hybridized carbons (Fsp3) is 0.581. The third-order valence-electron chi connectivity index (χ3n) is 9.22. The predicted molar refractivity (Wildman–Crippen MR) is 145 cm³/mol. The van der Waals surface area contributed by atoms with E-state index in [9.17, 15) is 19.5 Å². The van der Waals surface area contributed by atoms with Crippen LogP contribution < -0.4 is 0 Å². The van der Waals surface area contributed by atoms with Crippen molar-refractivity contribution in [2.45, 2.75) is 76.3 Å². The number of rotatable bonds is 7. The lowest BCUT2D eigenvalue weighted by molar-refractivity contribution is -0.163. The largest absolute Gasteiger partial charge is 0.465 e. The van der Waals surface area contributed by atoms with Gasteiger partial charge in [-0.3, -0.25) is 14.4 Å². The molecule has 1 spiro atoms. The van der Waals surface area contributed by atoms with Crippen LogP contribution in [0, 0.1) is 17.8 Å². The van der Waals surface area contributed by atoms with Gasteiger partial charge in [0, 0.05) is 13.1 Å². The number of aliphatic hydroxyl groups is 1. The smallest absolute Gasteiger partial charge is 0.313 e. The number of likely N-dealkylation sites (tertiary alicyclic amines) is 1. The Balaban J connectivity index is 1.66. The zero-order valence-electron chi connectivity index (χ0n) is 23.1. The van der Waals surface area contributed by atoms with Crippen LogP contribution in [0.15, 0.2) is 54.6 Å². The molecule has 0 saturated carbocycles. The standard InChI is InChI=1S/C31H40N2O6/c1-4-21(3)23(20-34)33-26-28(36)32(19-22-13-8-6-9-14-22)17-12-16-31(26)24(27(33)35)25-29(37)38-18-11-7-10-15-30(25,5-2)39-31/h6,8-10,12-16,21,23-26,34H,4-5,7,11,17-20H2,1-3H3/b15-10-/t21-,23-,24-,25+,26?,30-,31-/m0/s1. The Kier molecular flexibility index (Phi) is 7.71. The maximum Gasteiger partial charge on any atom is 0.313 e. The molecule has 210 valence electrons. The van der Waals surface area contributed by atoms with Crippen LogP contribution in [0.4, 0.5) is 0 Å². The molecule has 5 rings (SSSR count). The number of cyclic esters (lactones) is 1. The van der Waals surface area contributed by atoms with Crippen molar-refractivity contribution in [1.82, 2.24) is 9.80 Å². The quantitative estimate of drug-likeness (QED) is 0.425. The van der Waals surface area contributed by atoms with Gasteiger partial charge in [0.1, 0.15) is 23.2 Å². The molecule has 2 saturated heterocycles. The van der Waals surface area contributed by atoms with Gasteiger partial charge in [-0.05, 0) is 30.7 Å². The van der Waals surface area contributed by atoms with Crippen molar-refractivity contribution in [1.29, 1.82) is 0 Å². The lowest BCUT2D eigenvalue weighted by Crippen LogP contribution is -2.59. The summed E-state index contributed by atoms with van der Waals surface area (Å²) in [6, 6.07) is 8.14. The van der Waals surface area contributed by atoms with Crippen molar-refractivity contribution in [2.75, 3.05) is 19.8 Å². The van der Waals surface area contributed by atoms with Crippen LogP contribution >= 0.6 is 0 Å². The zero-order valence-corrected chi connectivity index (χ0v) is 23.1. The molecule has 4 heterocycles. The van der Waals surface area contributed by atoms with Crippen molar-refractivity contribution in [2.24, 2.45) is 17.8 Å². The molecule has 8 nitrogen and oxygen atoms in total. The van der Waals surface area contributed by atoms with Gasteiger partial charge in [0.2, 0.25) is 11.8 Å². The van der Waals surface area contributed by atoms with E-state index in [0.29, 0.717) is 32.4 Å². The van der Waals surface area contributed by atoms with Gasteiger partial charge >= 0.3 is 5.97 Å². The first-order valence-electron chi connectivity index (χ1n) is 14.3. The van der Waals surface area contributed by atoms with Crippen LogP contribution in [0.3, 0.4) is 0 Å². The van der Waals surface area contributed by atoms with E-state index in [1.807, 2.05) is 75.4 Å². The van der Waals surface area contributed by atoms with Crippen LogP contribution in [-0.4, -0.2) is 75.7 Å². The molecule has 2 fully saturated rings. The molecule has 1 aromatic rings. The highest BCUT2D eigenvalue weighted by atomic mass is 16.6. The van der Waals surface area contributed by atoms with E-state index in [4.69, 9.17) is 9.47 Å². The molecule has 0 bridgehead atoms. The summed E-state index contributed by atoms with van der Waals surface area (Å²) in [4.78, 5) is 46.0. The van der Waals surface area contributed by atoms with Crippen LogP contribution in [0.5, 0.6) is 0 Å². The summed E-state index contributed by atoms with van der Waals surface area (Å²) in [6.45, 7) is 6.62. The Hall–Kier alpha value is -2.97. The second-order valence-electron chi connectivity index (χ2n) is 11.3. The Morgan fingerprint density at radius 2 is 1.82 bits per heavy atom. The Labute approximate surface area is 230 Å². The molecule has 0 aliphatic carbocycles. The van der Waals surface area contributed by atoms with Gasteiger partial charge in [-0.15, -0.1) is 0 Å². The van der Waals surface area contributed by atoms with E-state index in [2.05, 4.69) is 0 Å². The van der Waals surface area contributed by atoms with Gasteiger partial charge in [-0.1, -0.05) is 81.8 Å². The van der Waals surface area contributed by atoms with Crippen molar-refractivity contribution in [3.8, 4) is 0 Å². The number of carbonyl (C=O) groups is 3. The molecular formula is C31H40N2O6. The van der Waals surface area contributed by atoms with Crippen molar-refractivity contribution >= 4 is 17.8 Å². The van der Waals surface area contributed by atoms with Gasteiger partial charge in [0.15, 0.2) is 0 Å². The first-order valence-corrected chi connectivity index (χ1v) is 14.3. The van der Waals surface area contributed by atoms with E-state index in [-0.39, 0.29) is 30.9 Å². The highest BCUT2D eigenvalue weighted by Crippen LogP contribution is 2.58. The fourth-order valence-electron chi connectivity index (χ4n) is 6.98. The summed E-state index contributed by atoms with van der Waals surface area (Å²) in [5, 5.41) is 10.5. The molecule has 8 heteroatoms. The van der Waals surface area contributed by atoms with E-state index in [1.54, 1.807) is 9.80 Å². The van der Waals surface area contributed by atoms with Crippen LogP contribution in [0.1, 0.15) is 52.0 Å². The summed E-state index contributed by atoms with van der Waals surface area (Å²) < 4.78 is 12.7. The zero-order chi connectivity index (χ0) is 27.8. The number of aliphatic hydroxyl groups excluding tert-OH is 1. The number of nitrogens with zero attached hydrogens (tertiary/aromatic N) is 2. The number of fused-ring (bicyclic) bond motifs is 2. The van der Waals surface area contributed by atoms with Crippen LogP contribution in [-0.2, 0) is 30.4 Å². The van der Waals surface area contributed by atoms with Crippen molar-refractivity contribution < 1.29 is 29.0 Å². The summed E-state index contributed by atoms with van der Waals surface area (Å²) in [5.41, 5.74) is -1.45.